The number of likely N-dealkylation sites (tertiary alicyclic amines) is 1. The molecule has 0 radical (unpaired) electrons. The Labute approximate surface area is 129 Å². The van der Waals surface area contributed by atoms with Gasteiger partial charge in [-0.3, -0.25) is 4.79 Å². The van der Waals surface area contributed by atoms with Crippen LogP contribution in [0.1, 0.15) is 25.3 Å². The van der Waals surface area contributed by atoms with E-state index >= 15 is 0 Å². The fourth-order valence-electron chi connectivity index (χ4n) is 2.58. The summed E-state index contributed by atoms with van der Waals surface area (Å²) in [6.45, 7) is 3.12. The van der Waals surface area contributed by atoms with Gasteiger partial charge in [-0.15, -0.1) is 0 Å². The molecule has 1 aromatic carbocycles. The average molecular weight is 308 g/mol. The van der Waals surface area contributed by atoms with Crippen molar-refractivity contribution < 1.29 is 18.7 Å². The SMILES string of the molecule is CCOC(=O)NC1CCCN(C(=O)Cc2ccccc2F)C1. The van der Waals surface area contributed by atoms with Crippen LogP contribution in [0.3, 0.4) is 0 Å². The summed E-state index contributed by atoms with van der Waals surface area (Å²) in [5, 5.41) is 2.75. The van der Waals surface area contributed by atoms with Crippen LogP contribution in [0.2, 0.25) is 0 Å². The van der Waals surface area contributed by atoms with Crippen molar-refractivity contribution >= 4 is 12.0 Å². The van der Waals surface area contributed by atoms with Crippen LogP contribution in [0.5, 0.6) is 0 Å². The summed E-state index contributed by atoms with van der Waals surface area (Å²) >= 11 is 0. The van der Waals surface area contributed by atoms with Crippen LogP contribution in [0.15, 0.2) is 24.3 Å². The molecule has 1 heterocycles. The highest BCUT2D eigenvalue weighted by molar-refractivity contribution is 5.79. The van der Waals surface area contributed by atoms with Crippen LogP contribution < -0.4 is 5.32 Å². The molecule has 1 atom stereocenters. The number of piperidine rings is 1. The maximum Gasteiger partial charge on any atom is 0.407 e. The number of hydrogen-bond donors (Lipinski definition) is 1. The van der Waals surface area contributed by atoms with Crippen molar-refractivity contribution in [1.82, 2.24) is 10.2 Å². The van der Waals surface area contributed by atoms with Gasteiger partial charge in [0.1, 0.15) is 5.82 Å². The van der Waals surface area contributed by atoms with Crippen molar-refractivity contribution in [3.05, 3.63) is 35.6 Å². The summed E-state index contributed by atoms with van der Waals surface area (Å²) < 4.78 is 18.5. The molecule has 1 fully saturated rings. The summed E-state index contributed by atoms with van der Waals surface area (Å²) in [4.78, 5) is 25.4. The number of benzene rings is 1. The minimum atomic E-state index is -0.462. The lowest BCUT2D eigenvalue weighted by Crippen LogP contribution is -2.50. The zero-order chi connectivity index (χ0) is 15.9. The van der Waals surface area contributed by atoms with Gasteiger partial charge in [0.15, 0.2) is 0 Å². The van der Waals surface area contributed by atoms with Crippen LogP contribution in [-0.4, -0.2) is 42.6 Å². The van der Waals surface area contributed by atoms with Crippen LogP contribution in [0.25, 0.3) is 0 Å². The summed E-state index contributed by atoms with van der Waals surface area (Å²) in [5.41, 5.74) is 0.396. The fourth-order valence-corrected chi connectivity index (χ4v) is 2.58. The highest BCUT2D eigenvalue weighted by atomic mass is 19.1. The van der Waals surface area contributed by atoms with Crippen LogP contribution in [0.4, 0.5) is 9.18 Å². The minimum Gasteiger partial charge on any atom is -0.450 e. The minimum absolute atomic E-state index is 0.0405. The van der Waals surface area contributed by atoms with Crippen LogP contribution in [0, 0.1) is 5.82 Å². The molecule has 6 heteroatoms. The molecule has 0 aliphatic carbocycles. The number of hydrogen-bond acceptors (Lipinski definition) is 3. The lowest BCUT2D eigenvalue weighted by molar-refractivity contribution is -0.131. The number of amides is 2. The number of halogens is 1. The highest BCUT2D eigenvalue weighted by Gasteiger charge is 2.25. The first kappa shape index (κ1) is 16.3. The average Bonchev–Trinajstić information content (AvgIpc) is 2.50. The second-order valence-corrected chi connectivity index (χ2v) is 5.31. The highest BCUT2D eigenvalue weighted by Crippen LogP contribution is 2.14. The Morgan fingerprint density at radius 1 is 1.41 bits per heavy atom. The van der Waals surface area contributed by atoms with Gasteiger partial charge in [-0.05, 0) is 31.4 Å². The predicted molar refractivity (Wildman–Crippen MR) is 79.9 cm³/mol. The van der Waals surface area contributed by atoms with E-state index in [0.717, 1.165) is 12.8 Å². The Bertz CT molecular complexity index is 536. The van der Waals surface area contributed by atoms with Crippen molar-refractivity contribution in [3.63, 3.8) is 0 Å². The van der Waals surface area contributed by atoms with Crippen LogP contribution in [-0.2, 0) is 16.0 Å². The van der Waals surface area contributed by atoms with Crippen LogP contribution >= 0.6 is 0 Å². The zero-order valence-corrected chi connectivity index (χ0v) is 12.7. The third-order valence-corrected chi connectivity index (χ3v) is 3.67. The Hall–Kier alpha value is -2.11. The van der Waals surface area contributed by atoms with Gasteiger partial charge in [0.25, 0.3) is 0 Å². The summed E-state index contributed by atoms with van der Waals surface area (Å²) in [6, 6.07) is 6.17. The number of rotatable bonds is 4. The first-order valence-electron chi connectivity index (χ1n) is 7.54. The van der Waals surface area contributed by atoms with Gasteiger partial charge in [-0.2, -0.15) is 0 Å². The Morgan fingerprint density at radius 2 is 2.18 bits per heavy atom. The monoisotopic (exact) mass is 308 g/mol. The fraction of sp³-hybridized carbons (Fsp3) is 0.500. The van der Waals surface area contributed by atoms with Gasteiger partial charge in [0.05, 0.1) is 13.0 Å². The van der Waals surface area contributed by atoms with E-state index in [4.69, 9.17) is 4.74 Å². The quantitative estimate of drug-likeness (QED) is 0.927. The van der Waals surface area contributed by atoms with Crippen molar-refractivity contribution in [2.75, 3.05) is 19.7 Å². The van der Waals surface area contributed by atoms with Crippen molar-refractivity contribution in [3.8, 4) is 0 Å². The molecule has 1 N–H and O–H groups in total. The van der Waals surface area contributed by atoms with Crippen molar-refractivity contribution in [2.24, 2.45) is 0 Å². The van der Waals surface area contributed by atoms with Crippen molar-refractivity contribution in [2.45, 2.75) is 32.2 Å². The Balaban J connectivity index is 1.90. The zero-order valence-electron chi connectivity index (χ0n) is 12.7. The molecule has 22 heavy (non-hydrogen) atoms. The number of carbonyl (C=O) groups is 2. The molecule has 5 nitrogen and oxygen atoms in total. The molecule has 0 bridgehead atoms. The molecule has 1 aromatic rings. The van der Waals surface area contributed by atoms with E-state index in [1.807, 2.05) is 0 Å². The smallest absolute Gasteiger partial charge is 0.407 e. The van der Waals surface area contributed by atoms with E-state index in [1.54, 1.807) is 30.0 Å². The second kappa shape index (κ2) is 7.77. The summed E-state index contributed by atoms with van der Waals surface area (Å²) in [7, 11) is 0. The molecular formula is C16H21FN2O3. The standard InChI is InChI=1S/C16H21FN2O3/c1-2-22-16(21)18-13-7-5-9-19(11-13)15(20)10-12-6-3-4-8-14(12)17/h3-4,6,8,13H,2,5,7,9-11H2,1H3,(H,18,21). The summed E-state index contributed by atoms with van der Waals surface area (Å²) in [6.07, 6.45) is 1.19. The molecule has 1 aliphatic heterocycles. The molecule has 2 rings (SSSR count). The molecule has 0 saturated carbocycles. The van der Waals surface area contributed by atoms with Gasteiger partial charge in [0.2, 0.25) is 5.91 Å². The van der Waals surface area contributed by atoms with E-state index < -0.39 is 6.09 Å². The number of nitrogens with zero attached hydrogens (tertiary/aromatic N) is 1. The summed E-state index contributed by atoms with van der Waals surface area (Å²) in [5.74, 6) is -0.491. The lowest BCUT2D eigenvalue weighted by atomic mass is 10.0. The van der Waals surface area contributed by atoms with E-state index in [0.29, 0.717) is 25.3 Å². The topological polar surface area (TPSA) is 58.6 Å². The third kappa shape index (κ3) is 4.44. The molecule has 0 aromatic heterocycles. The first-order chi connectivity index (χ1) is 10.6. The van der Waals surface area contributed by atoms with Gasteiger partial charge < -0.3 is 15.0 Å². The number of ether oxygens (including phenoxy) is 1. The number of alkyl carbamates (subject to hydrolysis) is 1. The van der Waals surface area contributed by atoms with E-state index in [1.165, 1.54) is 6.07 Å². The van der Waals surface area contributed by atoms with Crippen molar-refractivity contribution in [1.29, 1.82) is 0 Å². The van der Waals surface area contributed by atoms with Gasteiger partial charge in [-0.25, -0.2) is 9.18 Å². The maximum atomic E-state index is 13.6. The Morgan fingerprint density at radius 3 is 2.91 bits per heavy atom. The molecule has 2 amide bonds. The largest absolute Gasteiger partial charge is 0.450 e. The maximum absolute atomic E-state index is 13.6. The van der Waals surface area contributed by atoms with Gasteiger partial charge in [0, 0.05) is 19.1 Å². The molecule has 1 saturated heterocycles. The molecule has 1 unspecified atom stereocenters. The first-order valence-corrected chi connectivity index (χ1v) is 7.54. The molecule has 1 aliphatic rings. The normalized spacial score (nSPS) is 17.9. The number of nitrogens with one attached hydrogen (secondary N) is 1. The van der Waals surface area contributed by atoms with Gasteiger partial charge >= 0.3 is 6.09 Å². The van der Waals surface area contributed by atoms with Gasteiger partial charge in [-0.1, -0.05) is 18.2 Å². The third-order valence-electron chi connectivity index (χ3n) is 3.67. The molecule has 120 valence electrons. The molecule has 0 spiro atoms. The molecular weight excluding hydrogens is 287 g/mol. The van der Waals surface area contributed by atoms with E-state index in [-0.39, 0.29) is 24.2 Å². The number of carbonyl (C=O) groups excluding carboxylic acids is 2. The second-order valence-electron chi connectivity index (χ2n) is 5.31. The predicted octanol–water partition coefficient (Wildman–Crippen LogP) is 2.11. The Kier molecular flexibility index (Phi) is 5.75. The lowest BCUT2D eigenvalue weighted by Gasteiger charge is -2.33. The van der Waals surface area contributed by atoms with E-state index in [9.17, 15) is 14.0 Å². The van der Waals surface area contributed by atoms with E-state index in [2.05, 4.69) is 5.32 Å².